The molecule has 4 rings (SSSR count). The Balaban J connectivity index is 1.69. The molecule has 32 heavy (non-hydrogen) atoms. The van der Waals surface area contributed by atoms with Crippen molar-refractivity contribution in [2.24, 2.45) is 0 Å². The Bertz CT molecular complexity index is 1390. The summed E-state index contributed by atoms with van der Waals surface area (Å²) in [5, 5.41) is 2.69. The van der Waals surface area contributed by atoms with E-state index in [1.807, 2.05) is 0 Å². The molecule has 0 fully saturated rings. The van der Waals surface area contributed by atoms with Crippen molar-refractivity contribution in [2.45, 2.75) is 20.0 Å². The number of Topliss-reactive ketones (excluding diaryl/α,β-unsaturated/α-hetero) is 1. The molecule has 2 aromatic heterocycles. The van der Waals surface area contributed by atoms with Crippen LogP contribution in [0.3, 0.4) is 0 Å². The van der Waals surface area contributed by atoms with Gasteiger partial charge in [0.2, 0.25) is 5.95 Å². The number of carbonyl (C=O) groups is 1. The van der Waals surface area contributed by atoms with E-state index in [-0.39, 0.29) is 23.0 Å². The third-order valence-corrected chi connectivity index (χ3v) is 4.60. The zero-order valence-electron chi connectivity index (χ0n) is 16.8. The van der Waals surface area contributed by atoms with Gasteiger partial charge in [0.1, 0.15) is 5.52 Å². The van der Waals surface area contributed by atoms with E-state index in [2.05, 4.69) is 20.7 Å². The zero-order chi connectivity index (χ0) is 23.0. The molecule has 0 spiro atoms. The van der Waals surface area contributed by atoms with Gasteiger partial charge in [-0.15, -0.1) is 0 Å². The number of halogens is 3. The Morgan fingerprint density at radius 3 is 2.62 bits per heavy atom. The van der Waals surface area contributed by atoms with Crippen molar-refractivity contribution in [3.63, 3.8) is 0 Å². The van der Waals surface area contributed by atoms with Gasteiger partial charge in [0, 0.05) is 23.0 Å². The Labute approximate surface area is 178 Å². The number of benzene rings is 2. The first kappa shape index (κ1) is 21.1. The van der Waals surface area contributed by atoms with Gasteiger partial charge in [0.05, 0.1) is 5.56 Å². The Morgan fingerprint density at radius 1 is 1.16 bits per heavy atom. The lowest BCUT2D eigenvalue weighted by Gasteiger charge is -2.13. The summed E-state index contributed by atoms with van der Waals surface area (Å²) in [6.07, 6.45) is -3.20. The summed E-state index contributed by atoms with van der Waals surface area (Å²) in [5.41, 5.74) is 3.17. The fourth-order valence-electron chi connectivity index (χ4n) is 2.99. The first-order chi connectivity index (χ1) is 15.1. The Kier molecular flexibility index (Phi) is 5.17. The molecule has 164 valence electrons. The van der Waals surface area contributed by atoms with Crippen LogP contribution in [-0.2, 0) is 6.18 Å². The van der Waals surface area contributed by atoms with Crippen molar-refractivity contribution >= 4 is 34.3 Å². The average Bonchev–Trinajstić information content (AvgIpc) is 3.05. The van der Waals surface area contributed by atoms with Crippen molar-refractivity contribution in [1.82, 2.24) is 14.6 Å². The molecule has 0 aliphatic rings. The fourth-order valence-corrected chi connectivity index (χ4v) is 2.99. The first-order valence-electron chi connectivity index (χ1n) is 9.33. The molecule has 0 saturated heterocycles. The molecule has 0 unspecified atom stereocenters. The van der Waals surface area contributed by atoms with Crippen LogP contribution < -0.4 is 16.5 Å². The summed E-state index contributed by atoms with van der Waals surface area (Å²) in [7, 11) is 0. The van der Waals surface area contributed by atoms with Crippen LogP contribution in [-0.4, -0.2) is 20.4 Å². The summed E-state index contributed by atoms with van der Waals surface area (Å²) in [4.78, 5) is 32.2. The second-order valence-electron chi connectivity index (χ2n) is 6.99. The number of oxazole rings is 1. The number of para-hydroxylation sites is 2. The van der Waals surface area contributed by atoms with Gasteiger partial charge in [0.15, 0.2) is 17.2 Å². The largest absolute Gasteiger partial charge is 0.439 e. The molecule has 0 aliphatic heterocycles. The minimum absolute atomic E-state index is 0.00856. The summed E-state index contributed by atoms with van der Waals surface area (Å²) in [6.45, 7) is 2.87. The number of fused-ring (bicyclic) bond motifs is 1. The van der Waals surface area contributed by atoms with Crippen molar-refractivity contribution < 1.29 is 22.4 Å². The molecule has 2 aromatic carbocycles. The summed E-state index contributed by atoms with van der Waals surface area (Å²) >= 11 is 0. The van der Waals surface area contributed by atoms with E-state index in [9.17, 15) is 22.8 Å². The highest BCUT2D eigenvalue weighted by atomic mass is 19.4. The van der Waals surface area contributed by atoms with E-state index in [4.69, 9.17) is 4.42 Å². The van der Waals surface area contributed by atoms with Gasteiger partial charge >= 0.3 is 11.9 Å². The fraction of sp³-hybridized carbons (Fsp3) is 0.143. The maximum absolute atomic E-state index is 13.2. The third-order valence-electron chi connectivity index (χ3n) is 4.60. The average molecular weight is 443 g/mol. The monoisotopic (exact) mass is 443 g/mol. The summed E-state index contributed by atoms with van der Waals surface area (Å²) in [6, 6.07) is 9.68. The molecule has 0 amide bonds. The SMILES string of the molecule is CC(=O)c1cc(Nc2ncc(C)c(Nn3c(=O)oc4ccccc43)n2)cc(C(F)(F)F)c1. The molecule has 0 bridgehead atoms. The Morgan fingerprint density at radius 2 is 1.91 bits per heavy atom. The van der Waals surface area contributed by atoms with Gasteiger partial charge in [-0.25, -0.2) is 9.78 Å². The molecular formula is C21H16F3N5O3. The number of hydrogen-bond acceptors (Lipinski definition) is 7. The van der Waals surface area contributed by atoms with Crippen molar-refractivity contribution in [3.05, 3.63) is 75.9 Å². The zero-order valence-corrected chi connectivity index (χ0v) is 16.8. The van der Waals surface area contributed by atoms with Crippen LogP contribution in [0.4, 0.5) is 30.6 Å². The highest BCUT2D eigenvalue weighted by molar-refractivity contribution is 5.95. The van der Waals surface area contributed by atoms with Crippen molar-refractivity contribution in [2.75, 3.05) is 10.7 Å². The molecule has 2 N–H and O–H groups in total. The number of hydrogen-bond donors (Lipinski definition) is 2. The quantitative estimate of drug-likeness (QED) is 0.437. The topological polar surface area (TPSA) is 102 Å². The minimum Gasteiger partial charge on any atom is -0.406 e. The Hall–Kier alpha value is -4.15. The summed E-state index contributed by atoms with van der Waals surface area (Å²) < 4.78 is 46.0. The lowest BCUT2D eigenvalue weighted by molar-refractivity contribution is -0.137. The maximum Gasteiger partial charge on any atom is 0.439 e. The molecule has 2 heterocycles. The standard InChI is InChI=1S/C21H16F3N5O3/c1-11-10-25-19(26-15-8-13(12(2)30)7-14(9-15)21(22,23)24)27-18(11)28-29-16-5-3-4-6-17(16)32-20(29)31/h3-10H,1-2H3,(H2,25,26,27,28). The molecular weight excluding hydrogens is 427 g/mol. The van der Waals surface area contributed by atoms with Crippen LogP contribution in [0.25, 0.3) is 11.1 Å². The van der Waals surface area contributed by atoms with Crippen LogP contribution in [0.2, 0.25) is 0 Å². The number of carbonyl (C=O) groups excluding carboxylic acids is 1. The molecule has 0 saturated carbocycles. The smallest absolute Gasteiger partial charge is 0.406 e. The number of nitrogens with zero attached hydrogens (tertiary/aromatic N) is 3. The predicted molar refractivity (Wildman–Crippen MR) is 111 cm³/mol. The number of anilines is 3. The number of ketones is 1. The lowest BCUT2D eigenvalue weighted by atomic mass is 10.1. The van der Waals surface area contributed by atoms with Gasteiger partial charge in [-0.2, -0.15) is 22.8 Å². The molecule has 0 aliphatic carbocycles. The van der Waals surface area contributed by atoms with Gasteiger partial charge in [-0.05, 0) is 44.2 Å². The first-order valence-corrected chi connectivity index (χ1v) is 9.33. The van der Waals surface area contributed by atoms with Crippen molar-refractivity contribution in [3.8, 4) is 0 Å². The van der Waals surface area contributed by atoms with E-state index in [0.717, 1.165) is 16.8 Å². The summed E-state index contributed by atoms with van der Waals surface area (Å²) in [5.74, 6) is -0.983. The second kappa shape index (κ2) is 7.84. The van der Waals surface area contributed by atoms with E-state index in [1.165, 1.54) is 19.2 Å². The third kappa shape index (κ3) is 4.17. The lowest BCUT2D eigenvalue weighted by Crippen LogP contribution is -2.23. The van der Waals surface area contributed by atoms with Gasteiger partial charge < -0.3 is 9.73 Å². The maximum atomic E-state index is 13.2. The van der Waals surface area contributed by atoms with Gasteiger partial charge in [-0.1, -0.05) is 12.1 Å². The molecule has 8 nitrogen and oxygen atoms in total. The van der Waals surface area contributed by atoms with Crippen LogP contribution in [0.1, 0.15) is 28.4 Å². The van der Waals surface area contributed by atoms with E-state index in [0.29, 0.717) is 16.7 Å². The molecule has 4 aromatic rings. The van der Waals surface area contributed by atoms with E-state index >= 15 is 0 Å². The highest BCUT2D eigenvalue weighted by Crippen LogP contribution is 2.33. The van der Waals surface area contributed by atoms with Crippen LogP contribution in [0, 0.1) is 6.92 Å². The number of rotatable bonds is 5. The number of alkyl halides is 3. The number of aromatic nitrogens is 3. The van der Waals surface area contributed by atoms with Crippen LogP contribution in [0.5, 0.6) is 0 Å². The predicted octanol–water partition coefficient (Wildman–Crippen LogP) is 4.53. The molecule has 0 radical (unpaired) electrons. The molecule has 11 heteroatoms. The van der Waals surface area contributed by atoms with E-state index in [1.54, 1.807) is 31.2 Å². The number of aryl methyl sites for hydroxylation is 1. The van der Waals surface area contributed by atoms with E-state index < -0.39 is 23.3 Å². The van der Waals surface area contributed by atoms with Gasteiger partial charge in [0.25, 0.3) is 0 Å². The highest BCUT2D eigenvalue weighted by Gasteiger charge is 2.31. The van der Waals surface area contributed by atoms with Crippen LogP contribution in [0.15, 0.2) is 57.9 Å². The van der Waals surface area contributed by atoms with Gasteiger partial charge in [-0.3, -0.25) is 10.2 Å². The van der Waals surface area contributed by atoms with Crippen molar-refractivity contribution in [1.29, 1.82) is 0 Å². The minimum atomic E-state index is -4.63. The second-order valence-corrected chi connectivity index (χ2v) is 6.99. The number of nitrogens with one attached hydrogen (secondary N) is 2. The molecule has 0 atom stereocenters. The van der Waals surface area contributed by atoms with Crippen LogP contribution >= 0.6 is 0 Å². The normalized spacial score (nSPS) is 11.5.